The van der Waals surface area contributed by atoms with Crippen LogP contribution in [0.3, 0.4) is 0 Å². The molecule has 0 saturated carbocycles. The highest BCUT2D eigenvalue weighted by Crippen LogP contribution is 2.22. The predicted octanol–water partition coefficient (Wildman–Crippen LogP) is 0.566. The van der Waals surface area contributed by atoms with Crippen molar-refractivity contribution in [1.29, 1.82) is 0 Å². The van der Waals surface area contributed by atoms with E-state index in [1.165, 1.54) is 7.11 Å². The van der Waals surface area contributed by atoms with E-state index in [1.54, 1.807) is 11.0 Å². The number of fused-ring (bicyclic) bond motifs is 1. The van der Waals surface area contributed by atoms with E-state index in [4.69, 9.17) is 0 Å². The molecular weight excluding hydrogens is 234 g/mol. The molecule has 1 heterocycles. The lowest BCUT2D eigenvalue weighted by atomic mass is 10.1. The number of carbonyl (C=O) groups excluding carboxylic acids is 2. The molecule has 1 aliphatic rings. The fourth-order valence-corrected chi connectivity index (χ4v) is 2.03. The van der Waals surface area contributed by atoms with Crippen LogP contribution in [0.1, 0.15) is 22.3 Å². The monoisotopic (exact) mass is 249 g/mol. The van der Waals surface area contributed by atoms with Gasteiger partial charge in [0, 0.05) is 25.1 Å². The zero-order valence-electron chi connectivity index (χ0n) is 10.1. The van der Waals surface area contributed by atoms with Crippen LogP contribution in [0.5, 0.6) is 0 Å². The van der Waals surface area contributed by atoms with E-state index in [2.05, 4.69) is 4.74 Å². The molecule has 1 aromatic carbocycles. The number of hydrogen-bond donors (Lipinski definition) is 1. The third-order valence-corrected chi connectivity index (χ3v) is 3.04. The average molecular weight is 249 g/mol. The Kier molecular flexibility index (Phi) is 3.62. The lowest BCUT2D eigenvalue weighted by Crippen LogP contribution is -2.31. The van der Waals surface area contributed by atoms with Crippen molar-refractivity contribution in [1.82, 2.24) is 4.90 Å². The first-order valence-electron chi connectivity index (χ1n) is 5.76. The number of rotatable bonds is 4. The summed E-state index contributed by atoms with van der Waals surface area (Å²) in [6.07, 6.45) is -0.988. The first-order valence-corrected chi connectivity index (χ1v) is 5.76. The Hall–Kier alpha value is -1.88. The zero-order valence-corrected chi connectivity index (χ0v) is 10.1. The number of carbonyl (C=O) groups is 2. The number of methoxy groups -OCH3 is 1. The van der Waals surface area contributed by atoms with Gasteiger partial charge in [0.05, 0.1) is 7.11 Å². The maximum Gasteiger partial charge on any atom is 0.334 e. The fraction of sp³-hybridized carbons (Fsp3) is 0.385. The summed E-state index contributed by atoms with van der Waals surface area (Å²) in [5, 5.41) is 9.47. The largest absolute Gasteiger partial charge is 0.467 e. The van der Waals surface area contributed by atoms with E-state index in [9.17, 15) is 14.7 Å². The second kappa shape index (κ2) is 5.18. The topological polar surface area (TPSA) is 66.8 Å². The molecule has 5 nitrogen and oxygen atoms in total. The molecule has 0 radical (unpaired) electrons. The van der Waals surface area contributed by atoms with Crippen LogP contribution in [0.25, 0.3) is 0 Å². The van der Waals surface area contributed by atoms with Crippen molar-refractivity contribution >= 4 is 11.9 Å². The normalized spacial score (nSPS) is 15.4. The minimum Gasteiger partial charge on any atom is -0.467 e. The summed E-state index contributed by atoms with van der Waals surface area (Å²) in [6, 6.07) is 7.40. The van der Waals surface area contributed by atoms with Crippen molar-refractivity contribution in [2.24, 2.45) is 0 Å². The molecule has 1 N–H and O–H groups in total. The molecule has 1 aliphatic heterocycles. The number of ether oxygens (including phenoxy) is 1. The molecule has 18 heavy (non-hydrogen) atoms. The Balaban J connectivity index is 1.94. The number of esters is 1. The second-order valence-electron chi connectivity index (χ2n) is 4.21. The van der Waals surface area contributed by atoms with E-state index < -0.39 is 12.1 Å². The number of aliphatic hydroxyl groups excluding tert-OH is 1. The Morgan fingerprint density at radius 2 is 2.22 bits per heavy atom. The lowest BCUT2D eigenvalue weighted by Gasteiger charge is -2.17. The van der Waals surface area contributed by atoms with Crippen LogP contribution < -0.4 is 0 Å². The fourth-order valence-electron chi connectivity index (χ4n) is 2.03. The SMILES string of the molecule is COC(=O)[C@@H](O)CCN1Cc2ccccc2C1=O. The first-order chi connectivity index (χ1) is 8.63. The van der Waals surface area contributed by atoms with Crippen molar-refractivity contribution in [3.05, 3.63) is 35.4 Å². The summed E-state index contributed by atoms with van der Waals surface area (Å²) in [6.45, 7) is 0.868. The second-order valence-corrected chi connectivity index (χ2v) is 4.21. The van der Waals surface area contributed by atoms with Crippen LogP contribution in [-0.2, 0) is 16.1 Å². The smallest absolute Gasteiger partial charge is 0.334 e. The summed E-state index contributed by atoms with van der Waals surface area (Å²) in [5.41, 5.74) is 1.68. The molecule has 0 aromatic heterocycles. The summed E-state index contributed by atoms with van der Waals surface area (Å²) in [4.78, 5) is 24.6. The molecule has 0 fully saturated rings. The minimum absolute atomic E-state index is 0.0531. The van der Waals surface area contributed by atoms with E-state index in [1.807, 2.05) is 18.2 Å². The van der Waals surface area contributed by atoms with Crippen LogP contribution in [-0.4, -0.2) is 41.6 Å². The third-order valence-electron chi connectivity index (χ3n) is 3.04. The number of amides is 1. The Bertz CT molecular complexity index is 472. The van der Waals surface area contributed by atoms with E-state index in [-0.39, 0.29) is 12.3 Å². The molecule has 1 amide bonds. The van der Waals surface area contributed by atoms with Gasteiger partial charge < -0.3 is 14.7 Å². The highest BCUT2D eigenvalue weighted by molar-refractivity contribution is 5.98. The molecule has 2 rings (SSSR count). The van der Waals surface area contributed by atoms with Gasteiger partial charge in [0.1, 0.15) is 0 Å². The van der Waals surface area contributed by atoms with Gasteiger partial charge in [-0.1, -0.05) is 18.2 Å². The molecule has 1 aromatic rings. The number of nitrogens with zero attached hydrogens (tertiary/aromatic N) is 1. The average Bonchev–Trinajstić information content (AvgIpc) is 2.72. The van der Waals surface area contributed by atoms with Gasteiger partial charge in [0.15, 0.2) is 6.10 Å². The van der Waals surface area contributed by atoms with Crippen molar-refractivity contribution in [3.63, 3.8) is 0 Å². The van der Waals surface area contributed by atoms with Gasteiger partial charge in [-0.3, -0.25) is 4.79 Å². The first kappa shape index (κ1) is 12.6. The van der Waals surface area contributed by atoms with Crippen LogP contribution in [0.4, 0.5) is 0 Å². The molecule has 0 bridgehead atoms. The molecule has 0 saturated heterocycles. The number of hydrogen-bond acceptors (Lipinski definition) is 4. The van der Waals surface area contributed by atoms with Crippen LogP contribution in [0, 0.1) is 0 Å². The molecule has 0 spiro atoms. The van der Waals surface area contributed by atoms with Crippen molar-refractivity contribution in [2.45, 2.75) is 19.1 Å². The van der Waals surface area contributed by atoms with Gasteiger partial charge in [0.25, 0.3) is 5.91 Å². The quantitative estimate of drug-likeness (QED) is 0.792. The maximum atomic E-state index is 12.0. The van der Waals surface area contributed by atoms with E-state index in [0.29, 0.717) is 18.7 Å². The van der Waals surface area contributed by atoms with Gasteiger partial charge in [-0.05, 0) is 11.6 Å². The van der Waals surface area contributed by atoms with Crippen molar-refractivity contribution < 1.29 is 19.4 Å². The number of aliphatic hydroxyl groups is 1. The van der Waals surface area contributed by atoms with Gasteiger partial charge in [-0.15, -0.1) is 0 Å². The van der Waals surface area contributed by atoms with Gasteiger partial charge in [-0.2, -0.15) is 0 Å². The maximum absolute atomic E-state index is 12.0. The lowest BCUT2D eigenvalue weighted by molar-refractivity contribution is -0.150. The van der Waals surface area contributed by atoms with E-state index >= 15 is 0 Å². The Morgan fingerprint density at radius 3 is 2.89 bits per heavy atom. The molecule has 5 heteroatoms. The Labute approximate surface area is 105 Å². The molecule has 1 atom stereocenters. The van der Waals surface area contributed by atoms with Crippen LogP contribution in [0.15, 0.2) is 24.3 Å². The zero-order chi connectivity index (χ0) is 13.1. The van der Waals surface area contributed by atoms with Gasteiger partial charge in [0.2, 0.25) is 0 Å². The predicted molar refractivity (Wildman–Crippen MR) is 63.8 cm³/mol. The summed E-state index contributed by atoms with van der Waals surface area (Å²) in [5.74, 6) is -0.721. The molecule has 0 unspecified atom stereocenters. The summed E-state index contributed by atoms with van der Waals surface area (Å²) in [7, 11) is 1.22. The van der Waals surface area contributed by atoms with Gasteiger partial charge >= 0.3 is 5.97 Å². The van der Waals surface area contributed by atoms with Crippen molar-refractivity contribution in [2.75, 3.05) is 13.7 Å². The summed E-state index contributed by atoms with van der Waals surface area (Å²) < 4.78 is 4.42. The Morgan fingerprint density at radius 1 is 1.50 bits per heavy atom. The number of benzene rings is 1. The molecular formula is C13H15NO4. The standard InChI is InChI=1S/C13H15NO4/c1-18-13(17)11(15)6-7-14-8-9-4-2-3-5-10(9)12(14)16/h2-5,11,15H,6-8H2,1H3/t11-/m0/s1. The summed E-state index contributed by atoms with van der Waals surface area (Å²) >= 11 is 0. The molecule has 0 aliphatic carbocycles. The highest BCUT2D eigenvalue weighted by Gasteiger charge is 2.27. The van der Waals surface area contributed by atoms with Crippen molar-refractivity contribution in [3.8, 4) is 0 Å². The van der Waals surface area contributed by atoms with Crippen LogP contribution >= 0.6 is 0 Å². The molecule has 96 valence electrons. The van der Waals surface area contributed by atoms with Gasteiger partial charge in [-0.25, -0.2) is 4.79 Å². The van der Waals surface area contributed by atoms with E-state index in [0.717, 1.165) is 5.56 Å². The van der Waals surface area contributed by atoms with Crippen LogP contribution in [0.2, 0.25) is 0 Å². The third kappa shape index (κ3) is 2.36. The highest BCUT2D eigenvalue weighted by atomic mass is 16.5. The minimum atomic E-state index is -1.17.